The first kappa shape index (κ1) is 38.6. The third kappa shape index (κ3) is 9.10. The van der Waals surface area contributed by atoms with Crippen LogP contribution in [0.1, 0.15) is 92.9 Å². The van der Waals surface area contributed by atoms with E-state index >= 15 is 0 Å². The summed E-state index contributed by atoms with van der Waals surface area (Å²) >= 11 is 1.21. The molecule has 0 radical (unpaired) electrons. The molecule has 272 valence electrons. The second-order valence-electron chi connectivity index (χ2n) is 14.1. The minimum Gasteiger partial charge on any atom is -0.487 e. The number of ether oxygens (including phenoxy) is 2. The number of hydrogen-bond donors (Lipinski definition) is 5. The van der Waals surface area contributed by atoms with Crippen LogP contribution in [0.25, 0.3) is 10.2 Å². The van der Waals surface area contributed by atoms with Crippen molar-refractivity contribution < 1.29 is 32.3 Å². The number of fused-ring (bicyclic) bond motifs is 2. The molecule has 15 heteroatoms. The SMILES string of the molecule is CC[C@H](NC(=O)OC(C)(C)C)C(=O)N[C@@H](CCCNC(=N)NS(=O)(=O)c1c(C)c(C)c2c(c1C)CC(C)(C)O2)C(=O)c1nc2ccccc2s1. The summed E-state index contributed by atoms with van der Waals surface area (Å²) in [4.78, 5) is 44.0. The van der Waals surface area contributed by atoms with E-state index < -0.39 is 57.1 Å². The van der Waals surface area contributed by atoms with Gasteiger partial charge in [0.2, 0.25) is 17.6 Å². The number of para-hydroxylation sites is 1. The first-order chi connectivity index (χ1) is 23.2. The molecule has 50 heavy (non-hydrogen) atoms. The van der Waals surface area contributed by atoms with Crippen molar-refractivity contribution in [3.63, 3.8) is 0 Å². The lowest BCUT2D eigenvalue weighted by Crippen LogP contribution is -2.52. The maximum Gasteiger partial charge on any atom is 0.408 e. The van der Waals surface area contributed by atoms with Gasteiger partial charge in [-0.05, 0) is 103 Å². The number of Topliss-reactive ketones (excluding diaryl/α,β-unsaturated/α-hetero) is 1. The van der Waals surface area contributed by atoms with Crippen LogP contribution in [-0.4, -0.2) is 67.0 Å². The normalized spacial score (nSPS) is 15.0. The molecule has 0 aliphatic carbocycles. The fourth-order valence-electron chi connectivity index (χ4n) is 5.86. The fourth-order valence-corrected chi connectivity index (χ4v) is 8.34. The van der Waals surface area contributed by atoms with Gasteiger partial charge in [-0.1, -0.05) is 19.1 Å². The van der Waals surface area contributed by atoms with Crippen LogP contribution in [0.2, 0.25) is 0 Å². The van der Waals surface area contributed by atoms with Crippen molar-refractivity contribution in [1.29, 1.82) is 5.41 Å². The number of guanidine groups is 1. The topological polar surface area (TPSA) is 189 Å². The van der Waals surface area contributed by atoms with Gasteiger partial charge in [0, 0.05) is 18.5 Å². The van der Waals surface area contributed by atoms with Gasteiger partial charge in [-0.25, -0.2) is 22.9 Å². The Hall–Kier alpha value is -4.24. The van der Waals surface area contributed by atoms with Gasteiger partial charge < -0.3 is 25.4 Å². The van der Waals surface area contributed by atoms with E-state index in [-0.39, 0.29) is 35.7 Å². The van der Waals surface area contributed by atoms with E-state index in [0.29, 0.717) is 28.8 Å². The van der Waals surface area contributed by atoms with Gasteiger partial charge >= 0.3 is 6.09 Å². The van der Waals surface area contributed by atoms with Crippen molar-refractivity contribution in [3.05, 3.63) is 51.5 Å². The van der Waals surface area contributed by atoms with Gasteiger partial charge in [-0.3, -0.25) is 15.0 Å². The Morgan fingerprint density at radius 1 is 1.06 bits per heavy atom. The summed E-state index contributed by atoms with van der Waals surface area (Å²) in [5.74, 6) is -0.669. The first-order valence-electron chi connectivity index (χ1n) is 16.6. The van der Waals surface area contributed by atoms with Crippen molar-refractivity contribution in [2.45, 2.75) is 116 Å². The van der Waals surface area contributed by atoms with Gasteiger partial charge in [-0.15, -0.1) is 11.3 Å². The van der Waals surface area contributed by atoms with Crippen LogP contribution in [0.15, 0.2) is 29.2 Å². The first-order valence-corrected chi connectivity index (χ1v) is 18.9. The molecule has 0 saturated heterocycles. The number of carbonyl (C=O) groups excluding carboxylic acids is 3. The van der Waals surface area contributed by atoms with E-state index in [9.17, 15) is 22.8 Å². The third-order valence-corrected chi connectivity index (χ3v) is 11.0. The molecule has 13 nitrogen and oxygen atoms in total. The Labute approximate surface area is 297 Å². The number of alkyl carbamates (subject to hydrolysis) is 1. The van der Waals surface area contributed by atoms with Crippen molar-refractivity contribution in [1.82, 2.24) is 25.7 Å². The quantitative estimate of drug-likeness (QED) is 0.0724. The molecule has 1 aromatic heterocycles. The van der Waals surface area contributed by atoms with Crippen molar-refractivity contribution in [3.8, 4) is 5.75 Å². The van der Waals surface area contributed by atoms with Crippen molar-refractivity contribution in [2.75, 3.05) is 6.54 Å². The zero-order valence-electron chi connectivity index (χ0n) is 30.1. The highest BCUT2D eigenvalue weighted by Crippen LogP contribution is 2.43. The Bertz CT molecular complexity index is 1880. The molecule has 0 saturated carbocycles. The number of rotatable bonds is 12. The summed E-state index contributed by atoms with van der Waals surface area (Å²) in [6, 6.07) is 5.36. The van der Waals surface area contributed by atoms with Gasteiger partial charge in [0.05, 0.1) is 21.2 Å². The number of amides is 2. The number of sulfonamides is 1. The summed E-state index contributed by atoms with van der Waals surface area (Å²) in [7, 11) is -4.12. The van der Waals surface area contributed by atoms with Crippen LogP contribution >= 0.6 is 11.3 Å². The smallest absolute Gasteiger partial charge is 0.408 e. The van der Waals surface area contributed by atoms with Gasteiger partial charge in [0.25, 0.3) is 10.0 Å². The molecule has 2 aromatic carbocycles. The Morgan fingerprint density at radius 2 is 1.74 bits per heavy atom. The summed E-state index contributed by atoms with van der Waals surface area (Å²) in [5.41, 5.74) is 2.18. The predicted octanol–water partition coefficient (Wildman–Crippen LogP) is 5.19. The standard InChI is InChI=1S/C35H48N6O7S2/c1-10-23(40-33(44)48-34(5,6)7)30(43)38-25(27(42)31-39-24-14-11-12-16-26(24)49-31)15-13-17-37-32(36)41-50(45,46)29-20(3)19(2)28-22(21(29)4)18-35(8,9)47-28/h11-12,14,16,23,25H,10,13,15,17-18H2,1-9H3,(H,38,43)(H,40,44)(H3,36,37,41)/t23-,25-/m0/s1. The Kier molecular flexibility index (Phi) is 11.5. The average molecular weight is 729 g/mol. The molecule has 0 unspecified atom stereocenters. The van der Waals surface area contributed by atoms with Crippen LogP contribution in [0.3, 0.4) is 0 Å². The minimum absolute atomic E-state index is 0.122. The lowest BCUT2D eigenvalue weighted by molar-refractivity contribution is -0.123. The van der Waals surface area contributed by atoms with Gasteiger partial charge in [0.15, 0.2) is 5.01 Å². The van der Waals surface area contributed by atoms with Crippen LogP contribution in [0.5, 0.6) is 5.75 Å². The minimum atomic E-state index is -4.12. The lowest BCUT2D eigenvalue weighted by atomic mass is 9.94. The second-order valence-corrected chi connectivity index (χ2v) is 16.8. The molecule has 1 aliphatic heterocycles. The third-order valence-electron chi connectivity index (χ3n) is 8.32. The zero-order valence-corrected chi connectivity index (χ0v) is 31.8. The number of nitrogens with one attached hydrogen (secondary N) is 5. The van der Waals surface area contributed by atoms with E-state index in [2.05, 4.69) is 25.7 Å². The molecule has 3 aromatic rings. The largest absolute Gasteiger partial charge is 0.487 e. The maximum atomic E-state index is 13.7. The maximum absolute atomic E-state index is 13.7. The molecular formula is C35H48N6O7S2. The summed E-state index contributed by atoms with van der Waals surface area (Å²) in [6.45, 7) is 16.2. The average Bonchev–Trinajstić information content (AvgIpc) is 3.59. The highest BCUT2D eigenvalue weighted by Gasteiger charge is 2.37. The molecule has 0 spiro atoms. The molecule has 4 rings (SSSR count). The molecular weight excluding hydrogens is 681 g/mol. The Morgan fingerprint density at radius 3 is 2.38 bits per heavy atom. The van der Waals surface area contributed by atoms with Gasteiger partial charge in [0.1, 0.15) is 23.0 Å². The zero-order chi connectivity index (χ0) is 37.2. The second kappa shape index (κ2) is 14.9. The number of carbonyl (C=O) groups is 3. The number of nitrogens with zero attached hydrogens (tertiary/aromatic N) is 1. The fraction of sp³-hybridized carbons (Fsp3) is 0.514. The van der Waals surface area contributed by atoms with E-state index in [1.165, 1.54) is 11.3 Å². The lowest BCUT2D eigenvalue weighted by Gasteiger charge is -2.24. The highest BCUT2D eigenvalue weighted by atomic mass is 32.2. The van der Waals surface area contributed by atoms with E-state index in [4.69, 9.17) is 14.9 Å². The van der Waals surface area contributed by atoms with Crippen LogP contribution in [0, 0.1) is 26.2 Å². The molecule has 2 heterocycles. The summed E-state index contributed by atoms with van der Waals surface area (Å²) in [5, 5.41) is 16.7. The van der Waals surface area contributed by atoms with E-state index in [0.717, 1.165) is 15.8 Å². The molecule has 0 bridgehead atoms. The van der Waals surface area contributed by atoms with E-state index in [1.54, 1.807) is 47.6 Å². The number of hydrogen-bond acceptors (Lipinski definition) is 10. The highest BCUT2D eigenvalue weighted by molar-refractivity contribution is 7.90. The molecule has 1 aliphatic rings. The number of ketones is 1. The summed E-state index contributed by atoms with van der Waals surface area (Å²) < 4.78 is 41.7. The Balaban J connectivity index is 1.44. The van der Waals surface area contributed by atoms with Crippen molar-refractivity contribution >= 4 is 55.3 Å². The summed E-state index contributed by atoms with van der Waals surface area (Å²) in [6.07, 6.45) is 0.492. The van der Waals surface area contributed by atoms with Crippen LogP contribution in [0.4, 0.5) is 4.79 Å². The molecule has 0 fully saturated rings. The monoisotopic (exact) mass is 728 g/mol. The molecule has 5 N–H and O–H groups in total. The van der Waals surface area contributed by atoms with E-state index in [1.807, 2.05) is 39.0 Å². The number of benzene rings is 2. The molecule has 2 atom stereocenters. The van der Waals surface area contributed by atoms with Crippen LogP contribution < -0.4 is 25.4 Å². The number of thiazole rings is 1. The van der Waals surface area contributed by atoms with Crippen molar-refractivity contribution in [2.24, 2.45) is 0 Å². The molecule has 2 amide bonds. The predicted molar refractivity (Wildman–Crippen MR) is 194 cm³/mol. The van der Waals surface area contributed by atoms with Crippen LogP contribution in [-0.2, 0) is 26.0 Å². The van der Waals surface area contributed by atoms with Gasteiger partial charge in [-0.2, -0.15) is 0 Å². The number of aromatic nitrogens is 1.